The SMILES string of the molecule is CCOCCOC(C)C(=O)NC(CC(=O)OC)c1cccc(Br)c1. The zero-order valence-electron chi connectivity index (χ0n) is 14.2. The predicted octanol–water partition coefficient (Wildman–Crippen LogP) is 2.61. The van der Waals surface area contributed by atoms with Gasteiger partial charge in [-0.15, -0.1) is 0 Å². The van der Waals surface area contributed by atoms with Crippen molar-refractivity contribution in [3.63, 3.8) is 0 Å². The highest BCUT2D eigenvalue weighted by molar-refractivity contribution is 9.10. The number of carbonyl (C=O) groups is 2. The Bertz CT molecular complexity index is 537. The van der Waals surface area contributed by atoms with Crippen LogP contribution in [0.5, 0.6) is 0 Å². The Labute approximate surface area is 151 Å². The molecule has 1 aromatic carbocycles. The van der Waals surface area contributed by atoms with E-state index in [1.54, 1.807) is 6.92 Å². The van der Waals surface area contributed by atoms with Gasteiger partial charge in [0.1, 0.15) is 6.10 Å². The fraction of sp³-hybridized carbons (Fsp3) is 0.529. The molecule has 0 saturated carbocycles. The molecule has 2 unspecified atom stereocenters. The van der Waals surface area contributed by atoms with Crippen LogP contribution in [-0.2, 0) is 23.8 Å². The molecule has 0 aliphatic rings. The monoisotopic (exact) mass is 401 g/mol. The van der Waals surface area contributed by atoms with Gasteiger partial charge in [-0.3, -0.25) is 9.59 Å². The van der Waals surface area contributed by atoms with Crippen LogP contribution >= 0.6 is 15.9 Å². The van der Waals surface area contributed by atoms with Crippen LogP contribution in [0.2, 0.25) is 0 Å². The second-order valence-corrected chi connectivity index (χ2v) is 6.02. The van der Waals surface area contributed by atoms with Crippen molar-refractivity contribution in [2.75, 3.05) is 26.9 Å². The van der Waals surface area contributed by atoms with Gasteiger partial charge in [-0.25, -0.2) is 0 Å². The van der Waals surface area contributed by atoms with E-state index in [4.69, 9.17) is 14.2 Å². The lowest BCUT2D eigenvalue weighted by atomic mass is 10.0. The zero-order valence-corrected chi connectivity index (χ0v) is 15.8. The van der Waals surface area contributed by atoms with E-state index < -0.39 is 18.1 Å². The average molecular weight is 402 g/mol. The summed E-state index contributed by atoms with van der Waals surface area (Å²) in [7, 11) is 1.32. The van der Waals surface area contributed by atoms with Gasteiger partial charge in [0.2, 0.25) is 5.91 Å². The first kappa shape index (κ1) is 20.6. The summed E-state index contributed by atoms with van der Waals surface area (Å²) in [5, 5.41) is 2.84. The molecular formula is C17H24BrNO5. The molecule has 0 saturated heterocycles. The lowest BCUT2D eigenvalue weighted by Crippen LogP contribution is -2.38. The Morgan fingerprint density at radius 1 is 1.29 bits per heavy atom. The van der Waals surface area contributed by atoms with Crippen LogP contribution in [0.25, 0.3) is 0 Å². The molecule has 0 aromatic heterocycles. The molecular weight excluding hydrogens is 378 g/mol. The molecule has 1 rings (SSSR count). The van der Waals surface area contributed by atoms with Crippen LogP contribution in [0.4, 0.5) is 0 Å². The minimum Gasteiger partial charge on any atom is -0.469 e. The maximum absolute atomic E-state index is 12.3. The summed E-state index contributed by atoms with van der Waals surface area (Å²) in [6.45, 7) is 4.93. The van der Waals surface area contributed by atoms with Crippen molar-refractivity contribution in [2.24, 2.45) is 0 Å². The van der Waals surface area contributed by atoms with Gasteiger partial charge in [-0.2, -0.15) is 0 Å². The smallest absolute Gasteiger partial charge is 0.307 e. The number of benzene rings is 1. The third-order valence-electron chi connectivity index (χ3n) is 3.33. The number of hydrogen-bond acceptors (Lipinski definition) is 5. The number of ether oxygens (including phenoxy) is 3. The molecule has 1 amide bonds. The normalized spacial score (nSPS) is 13.2. The summed E-state index contributed by atoms with van der Waals surface area (Å²) in [5.74, 6) is -0.689. The van der Waals surface area contributed by atoms with Gasteiger partial charge in [0.25, 0.3) is 0 Å². The quantitative estimate of drug-likeness (QED) is 0.481. The summed E-state index contributed by atoms with van der Waals surface area (Å²) in [6.07, 6.45) is -0.595. The predicted molar refractivity (Wildman–Crippen MR) is 93.6 cm³/mol. The Balaban J connectivity index is 2.70. The first-order valence-corrected chi connectivity index (χ1v) is 8.59. The molecule has 0 spiro atoms. The highest BCUT2D eigenvalue weighted by Gasteiger charge is 2.22. The van der Waals surface area contributed by atoms with Gasteiger partial charge in [0.05, 0.1) is 32.8 Å². The van der Waals surface area contributed by atoms with Crippen molar-refractivity contribution in [1.82, 2.24) is 5.32 Å². The van der Waals surface area contributed by atoms with Crippen molar-refractivity contribution in [2.45, 2.75) is 32.4 Å². The molecule has 134 valence electrons. The summed E-state index contributed by atoms with van der Waals surface area (Å²) in [6, 6.07) is 6.94. The molecule has 0 bridgehead atoms. The van der Waals surface area contributed by atoms with Crippen molar-refractivity contribution >= 4 is 27.8 Å². The average Bonchev–Trinajstić information content (AvgIpc) is 2.57. The van der Waals surface area contributed by atoms with Crippen LogP contribution in [0.3, 0.4) is 0 Å². The van der Waals surface area contributed by atoms with E-state index in [1.165, 1.54) is 7.11 Å². The molecule has 0 aliphatic heterocycles. The fourth-order valence-corrected chi connectivity index (χ4v) is 2.44. The molecule has 0 aliphatic carbocycles. The summed E-state index contributed by atoms with van der Waals surface area (Å²) >= 11 is 3.39. The van der Waals surface area contributed by atoms with Crippen LogP contribution in [0, 0.1) is 0 Å². The Hall–Kier alpha value is -1.44. The first-order chi connectivity index (χ1) is 11.5. The van der Waals surface area contributed by atoms with Crippen LogP contribution in [0.1, 0.15) is 31.9 Å². The number of amides is 1. The number of carbonyl (C=O) groups excluding carboxylic acids is 2. The standard InChI is InChI=1S/C17H24BrNO5/c1-4-23-8-9-24-12(2)17(21)19-15(11-16(20)22-3)13-6-5-7-14(18)10-13/h5-7,10,12,15H,4,8-9,11H2,1-3H3,(H,19,21). The minimum atomic E-state index is -0.641. The van der Waals surface area contributed by atoms with Gasteiger partial charge in [0.15, 0.2) is 0 Å². The lowest BCUT2D eigenvalue weighted by Gasteiger charge is -2.21. The third-order valence-corrected chi connectivity index (χ3v) is 3.83. The maximum atomic E-state index is 12.3. The second kappa shape index (κ2) is 11.2. The molecule has 1 N–H and O–H groups in total. The minimum absolute atomic E-state index is 0.0460. The number of hydrogen-bond donors (Lipinski definition) is 1. The van der Waals surface area contributed by atoms with Gasteiger partial charge in [0, 0.05) is 11.1 Å². The van der Waals surface area contributed by atoms with E-state index in [0.29, 0.717) is 19.8 Å². The van der Waals surface area contributed by atoms with Crippen LogP contribution < -0.4 is 5.32 Å². The van der Waals surface area contributed by atoms with Gasteiger partial charge < -0.3 is 19.5 Å². The van der Waals surface area contributed by atoms with Gasteiger partial charge in [-0.1, -0.05) is 28.1 Å². The molecule has 0 heterocycles. The van der Waals surface area contributed by atoms with E-state index in [-0.39, 0.29) is 12.3 Å². The number of methoxy groups -OCH3 is 1. The van der Waals surface area contributed by atoms with Crippen molar-refractivity contribution in [1.29, 1.82) is 0 Å². The number of halogens is 1. The van der Waals surface area contributed by atoms with E-state index in [2.05, 4.69) is 21.2 Å². The summed E-state index contributed by atoms with van der Waals surface area (Å²) < 4.78 is 16.2. The Morgan fingerprint density at radius 3 is 2.67 bits per heavy atom. The van der Waals surface area contributed by atoms with Crippen LogP contribution in [-0.4, -0.2) is 44.9 Å². The lowest BCUT2D eigenvalue weighted by molar-refractivity contribution is -0.141. The Kier molecular flexibility index (Phi) is 9.59. The summed E-state index contributed by atoms with van der Waals surface area (Å²) in [5.41, 5.74) is 0.810. The number of nitrogens with one attached hydrogen (secondary N) is 1. The first-order valence-electron chi connectivity index (χ1n) is 7.79. The third kappa shape index (κ3) is 7.42. The van der Waals surface area contributed by atoms with Gasteiger partial charge in [-0.05, 0) is 31.5 Å². The molecule has 0 fully saturated rings. The highest BCUT2D eigenvalue weighted by Crippen LogP contribution is 2.21. The number of rotatable bonds is 10. The molecule has 2 atom stereocenters. The highest BCUT2D eigenvalue weighted by atomic mass is 79.9. The van der Waals surface area contributed by atoms with Crippen molar-refractivity contribution < 1.29 is 23.8 Å². The van der Waals surface area contributed by atoms with Crippen LogP contribution in [0.15, 0.2) is 28.7 Å². The van der Waals surface area contributed by atoms with Crippen molar-refractivity contribution in [3.8, 4) is 0 Å². The van der Waals surface area contributed by atoms with Gasteiger partial charge >= 0.3 is 5.97 Å². The molecule has 0 radical (unpaired) electrons. The van der Waals surface area contributed by atoms with E-state index in [9.17, 15) is 9.59 Å². The van der Waals surface area contributed by atoms with Crippen molar-refractivity contribution in [3.05, 3.63) is 34.3 Å². The van der Waals surface area contributed by atoms with E-state index in [1.807, 2.05) is 31.2 Å². The zero-order chi connectivity index (χ0) is 17.9. The number of esters is 1. The summed E-state index contributed by atoms with van der Waals surface area (Å²) in [4.78, 5) is 23.9. The van der Waals surface area contributed by atoms with E-state index in [0.717, 1.165) is 10.0 Å². The molecule has 1 aromatic rings. The maximum Gasteiger partial charge on any atom is 0.307 e. The fourth-order valence-electron chi connectivity index (χ4n) is 2.02. The van der Waals surface area contributed by atoms with E-state index >= 15 is 0 Å². The largest absolute Gasteiger partial charge is 0.469 e. The molecule has 6 nitrogen and oxygen atoms in total. The second-order valence-electron chi connectivity index (χ2n) is 5.11. The Morgan fingerprint density at radius 2 is 2.04 bits per heavy atom. The molecule has 7 heteroatoms. The topological polar surface area (TPSA) is 73.9 Å². The molecule has 24 heavy (non-hydrogen) atoms.